The second-order valence-electron chi connectivity index (χ2n) is 4.20. The van der Waals surface area contributed by atoms with Gasteiger partial charge in [-0.25, -0.2) is 4.98 Å². The number of benzene rings is 1. The molecular weight excluding hydrogens is 212 g/mol. The van der Waals surface area contributed by atoms with Gasteiger partial charge in [0.1, 0.15) is 5.75 Å². The lowest BCUT2D eigenvalue weighted by molar-refractivity contribution is 0.415. The van der Waals surface area contributed by atoms with Crippen LogP contribution >= 0.6 is 0 Å². The van der Waals surface area contributed by atoms with Crippen LogP contribution in [-0.2, 0) is 0 Å². The highest BCUT2D eigenvalue weighted by Gasteiger charge is 2.06. The molecule has 0 saturated heterocycles. The monoisotopic (exact) mass is 230 g/mol. The van der Waals surface area contributed by atoms with Gasteiger partial charge in [0.15, 0.2) is 0 Å². The Morgan fingerprint density at radius 2 is 2.24 bits per heavy atom. The predicted octanol–water partition coefficient (Wildman–Crippen LogP) is 3.53. The van der Waals surface area contributed by atoms with Crippen LogP contribution in [0.1, 0.15) is 26.3 Å². The number of imidazole rings is 1. The molecule has 1 unspecified atom stereocenters. The zero-order valence-electron chi connectivity index (χ0n) is 10.6. The first kappa shape index (κ1) is 11.7. The second-order valence-corrected chi connectivity index (χ2v) is 4.20. The quantitative estimate of drug-likeness (QED) is 0.803. The van der Waals surface area contributed by atoms with Gasteiger partial charge in [-0.3, -0.25) is 0 Å². The highest BCUT2D eigenvalue weighted by molar-refractivity contribution is 5.60. The van der Waals surface area contributed by atoms with Crippen molar-refractivity contribution in [3.63, 3.8) is 0 Å². The molecule has 0 aliphatic carbocycles. The molecule has 0 N–H and O–H groups in total. The van der Waals surface area contributed by atoms with Crippen molar-refractivity contribution in [3.05, 3.63) is 36.8 Å². The summed E-state index contributed by atoms with van der Waals surface area (Å²) >= 11 is 0. The van der Waals surface area contributed by atoms with E-state index in [1.54, 1.807) is 7.11 Å². The highest BCUT2D eigenvalue weighted by atomic mass is 16.5. The van der Waals surface area contributed by atoms with Crippen molar-refractivity contribution in [1.29, 1.82) is 0 Å². The number of rotatable bonds is 4. The maximum absolute atomic E-state index is 5.22. The van der Waals surface area contributed by atoms with Crippen LogP contribution in [0.2, 0.25) is 0 Å². The van der Waals surface area contributed by atoms with Crippen LogP contribution < -0.4 is 4.74 Å². The van der Waals surface area contributed by atoms with E-state index in [0.717, 1.165) is 23.4 Å². The molecule has 0 radical (unpaired) electrons. The molecule has 17 heavy (non-hydrogen) atoms. The first-order chi connectivity index (χ1) is 8.24. The Balaban J connectivity index is 2.30. The number of aromatic nitrogens is 2. The average Bonchev–Trinajstić information content (AvgIpc) is 2.87. The minimum absolute atomic E-state index is 0.488. The van der Waals surface area contributed by atoms with E-state index in [1.807, 2.05) is 30.6 Å². The lowest BCUT2D eigenvalue weighted by atomic mass is 10.1. The van der Waals surface area contributed by atoms with Crippen molar-refractivity contribution >= 4 is 0 Å². The molecule has 0 saturated carbocycles. The minimum Gasteiger partial charge on any atom is -0.497 e. The summed E-state index contributed by atoms with van der Waals surface area (Å²) in [7, 11) is 1.68. The molecule has 1 aromatic carbocycles. The average molecular weight is 230 g/mol. The van der Waals surface area contributed by atoms with Gasteiger partial charge >= 0.3 is 0 Å². The second kappa shape index (κ2) is 5.04. The maximum Gasteiger partial charge on any atom is 0.119 e. The molecule has 3 nitrogen and oxygen atoms in total. The molecule has 0 bridgehead atoms. The first-order valence-electron chi connectivity index (χ1n) is 5.92. The Bertz CT molecular complexity index is 490. The third-order valence-corrected chi connectivity index (χ3v) is 3.07. The molecule has 2 aromatic rings. The molecule has 1 aromatic heterocycles. The molecule has 2 rings (SSSR count). The summed E-state index contributed by atoms with van der Waals surface area (Å²) in [5.74, 6) is 0.862. The number of hydrogen-bond acceptors (Lipinski definition) is 2. The predicted molar refractivity (Wildman–Crippen MR) is 69.2 cm³/mol. The van der Waals surface area contributed by atoms with Gasteiger partial charge in [0.2, 0.25) is 0 Å². The lowest BCUT2D eigenvalue weighted by Crippen LogP contribution is -1.99. The van der Waals surface area contributed by atoms with E-state index >= 15 is 0 Å². The van der Waals surface area contributed by atoms with Crippen molar-refractivity contribution in [2.45, 2.75) is 26.3 Å². The van der Waals surface area contributed by atoms with E-state index in [-0.39, 0.29) is 0 Å². The van der Waals surface area contributed by atoms with Crippen molar-refractivity contribution in [1.82, 2.24) is 9.55 Å². The van der Waals surface area contributed by atoms with Gasteiger partial charge in [-0.1, -0.05) is 19.1 Å². The van der Waals surface area contributed by atoms with Crippen molar-refractivity contribution in [2.24, 2.45) is 0 Å². The highest BCUT2D eigenvalue weighted by Crippen LogP contribution is 2.23. The summed E-state index contributed by atoms with van der Waals surface area (Å²) in [6.45, 7) is 4.37. The molecule has 1 heterocycles. The molecule has 0 amide bonds. The standard InChI is InChI=1S/C14H18N2O/c1-4-11(2)16-9-14(15-10-16)12-6-5-7-13(8-12)17-3/h5-11H,4H2,1-3H3. The van der Waals surface area contributed by atoms with Gasteiger partial charge in [0.05, 0.1) is 19.1 Å². The zero-order valence-corrected chi connectivity index (χ0v) is 10.6. The van der Waals surface area contributed by atoms with Gasteiger partial charge in [-0.15, -0.1) is 0 Å². The molecule has 0 aliphatic rings. The third-order valence-electron chi connectivity index (χ3n) is 3.07. The molecule has 0 fully saturated rings. The largest absolute Gasteiger partial charge is 0.497 e. The van der Waals surface area contributed by atoms with Crippen molar-refractivity contribution in [2.75, 3.05) is 7.11 Å². The normalized spacial score (nSPS) is 12.4. The van der Waals surface area contributed by atoms with Gasteiger partial charge in [0, 0.05) is 17.8 Å². The first-order valence-corrected chi connectivity index (χ1v) is 5.92. The van der Waals surface area contributed by atoms with Gasteiger partial charge in [-0.2, -0.15) is 0 Å². The van der Waals surface area contributed by atoms with Crippen LogP contribution in [-0.4, -0.2) is 16.7 Å². The number of ether oxygens (including phenoxy) is 1. The number of nitrogens with zero attached hydrogens (tertiary/aromatic N) is 2. The van der Waals surface area contributed by atoms with Gasteiger partial charge < -0.3 is 9.30 Å². The SMILES string of the molecule is CCC(C)n1cnc(-c2cccc(OC)c2)c1. The summed E-state index contributed by atoms with van der Waals surface area (Å²) in [6.07, 6.45) is 5.08. The topological polar surface area (TPSA) is 27.1 Å². The van der Waals surface area contributed by atoms with Crippen LogP contribution in [0.5, 0.6) is 5.75 Å². The van der Waals surface area contributed by atoms with E-state index in [0.29, 0.717) is 6.04 Å². The molecule has 1 atom stereocenters. The molecule has 3 heteroatoms. The lowest BCUT2D eigenvalue weighted by Gasteiger charge is -2.08. The van der Waals surface area contributed by atoms with Gasteiger partial charge in [-0.05, 0) is 25.5 Å². The summed E-state index contributed by atoms with van der Waals surface area (Å²) in [4.78, 5) is 4.44. The van der Waals surface area contributed by atoms with E-state index in [9.17, 15) is 0 Å². The minimum atomic E-state index is 0.488. The van der Waals surface area contributed by atoms with Crippen molar-refractivity contribution in [3.8, 4) is 17.0 Å². The molecule has 0 aliphatic heterocycles. The summed E-state index contributed by atoms with van der Waals surface area (Å²) in [5.41, 5.74) is 2.08. The smallest absolute Gasteiger partial charge is 0.119 e. The maximum atomic E-state index is 5.22. The van der Waals surface area contributed by atoms with Gasteiger partial charge in [0.25, 0.3) is 0 Å². The zero-order chi connectivity index (χ0) is 12.3. The Kier molecular flexibility index (Phi) is 3.47. The van der Waals surface area contributed by atoms with E-state index in [4.69, 9.17) is 4.74 Å². The van der Waals surface area contributed by atoms with Crippen LogP contribution in [0.15, 0.2) is 36.8 Å². The van der Waals surface area contributed by atoms with E-state index in [1.165, 1.54) is 0 Å². The summed E-state index contributed by atoms with van der Waals surface area (Å²) in [6, 6.07) is 8.46. The summed E-state index contributed by atoms with van der Waals surface area (Å²) in [5, 5.41) is 0. The molecule has 90 valence electrons. The third kappa shape index (κ3) is 2.49. The van der Waals surface area contributed by atoms with E-state index in [2.05, 4.69) is 29.6 Å². The fourth-order valence-corrected chi connectivity index (χ4v) is 1.72. The molecular formula is C14H18N2O. The fourth-order valence-electron chi connectivity index (χ4n) is 1.72. The van der Waals surface area contributed by atoms with Crippen LogP contribution in [0.25, 0.3) is 11.3 Å². The molecule has 0 spiro atoms. The van der Waals surface area contributed by atoms with Crippen LogP contribution in [0.3, 0.4) is 0 Å². The fraction of sp³-hybridized carbons (Fsp3) is 0.357. The van der Waals surface area contributed by atoms with Crippen molar-refractivity contribution < 1.29 is 4.74 Å². The Labute approximate surface area is 102 Å². The Morgan fingerprint density at radius 3 is 2.94 bits per heavy atom. The van der Waals surface area contributed by atoms with E-state index < -0.39 is 0 Å². The Morgan fingerprint density at radius 1 is 1.41 bits per heavy atom. The Hall–Kier alpha value is -1.77. The number of methoxy groups -OCH3 is 1. The summed E-state index contributed by atoms with van der Waals surface area (Å²) < 4.78 is 7.36. The van der Waals surface area contributed by atoms with Crippen LogP contribution in [0, 0.1) is 0 Å². The number of hydrogen-bond donors (Lipinski definition) is 0. The van der Waals surface area contributed by atoms with Crippen LogP contribution in [0.4, 0.5) is 0 Å².